The van der Waals surface area contributed by atoms with Crippen LogP contribution < -0.4 is 9.47 Å². The zero-order valence-electron chi connectivity index (χ0n) is 35.9. The molecule has 10 rings (SSSR count). The third-order valence-corrected chi connectivity index (χ3v) is 11.1. The van der Waals surface area contributed by atoms with Crippen LogP contribution in [0.2, 0.25) is 0 Å². The molecule has 4 aromatic heterocycles. The molecule has 0 aliphatic heterocycles. The Morgan fingerprint density at radius 3 is 1.26 bits per heavy atom. The van der Waals surface area contributed by atoms with E-state index in [1.807, 2.05) is 89.5 Å². The molecule has 0 bridgehead atoms. The molecule has 6 aromatic carbocycles. The molecular formula is C56H41N5O2Pt2. The maximum Gasteiger partial charge on any atom is 2.00 e. The topological polar surface area (TPSA) is 75.0 Å². The van der Waals surface area contributed by atoms with Crippen molar-refractivity contribution in [2.24, 2.45) is 0 Å². The molecule has 0 fully saturated rings. The monoisotopic (exact) mass is 1210 g/mol. The van der Waals surface area contributed by atoms with Crippen LogP contribution in [0.4, 0.5) is 0 Å². The summed E-state index contributed by atoms with van der Waals surface area (Å²) in [5.74, 6) is 3.03. The molecule has 0 amide bonds. The second kappa shape index (κ2) is 19.7. The molecule has 0 N–H and O–H groups in total. The number of nitrogens with zero attached hydrogens (tertiary/aromatic N) is 5. The number of fused-ring (bicyclic) bond motifs is 3. The Morgan fingerprint density at radius 2 is 0.862 bits per heavy atom. The molecule has 7 nitrogen and oxygen atoms in total. The molecule has 65 heavy (non-hydrogen) atoms. The van der Waals surface area contributed by atoms with Crippen LogP contribution in [-0.2, 0) is 42.1 Å². The predicted molar refractivity (Wildman–Crippen MR) is 250 cm³/mol. The molecule has 0 spiro atoms. The van der Waals surface area contributed by atoms with Gasteiger partial charge in [0.25, 0.3) is 0 Å². The first-order valence-corrected chi connectivity index (χ1v) is 21.1. The minimum absolute atomic E-state index is 0. The van der Waals surface area contributed by atoms with Crippen LogP contribution in [0.15, 0.2) is 164 Å². The molecule has 9 heteroatoms. The van der Waals surface area contributed by atoms with E-state index in [2.05, 4.69) is 110 Å². The summed E-state index contributed by atoms with van der Waals surface area (Å²) in [6.07, 6.45) is 7.06. The summed E-state index contributed by atoms with van der Waals surface area (Å²) in [5, 5.41) is 1.86. The molecule has 0 aliphatic carbocycles. The Morgan fingerprint density at radius 1 is 0.446 bits per heavy atom. The Kier molecular flexibility index (Phi) is 13.7. The van der Waals surface area contributed by atoms with Gasteiger partial charge in [0.05, 0.1) is 0 Å². The number of benzene rings is 6. The van der Waals surface area contributed by atoms with Crippen LogP contribution in [0.3, 0.4) is 0 Å². The van der Waals surface area contributed by atoms with Gasteiger partial charge in [-0.05, 0) is 41.4 Å². The van der Waals surface area contributed by atoms with Crippen molar-refractivity contribution in [2.75, 3.05) is 0 Å². The van der Waals surface area contributed by atoms with Crippen molar-refractivity contribution in [3.8, 4) is 73.7 Å². The van der Waals surface area contributed by atoms with Crippen molar-refractivity contribution in [3.05, 3.63) is 200 Å². The molecule has 0 unspecified atom stereocenters. The number of pyridine rings is 2. The first-order chi connectivity index (χ1) is 30.9. The van der Waals surface area contributed by atoms with Gasteiger partial charge in [-0.1, -0.05) is 158 Å². The van der Waals surface area contributed by atoms with Crippen molar-refractivity contribution in [2.45, 2.75) is 39.5 Å². The third-order valence-electron chi connectivity index (χ3n) is 11.1. The molecule has 322 valence electrons. The summed E-state index contributed by atoms with van der Waals surface area (Å²) < 4.78 is 15.8. The van der Waals surface area contributed by atoms with E-state index in [0.29, 0.717) is 28.9 Å². The van der Waals surface area contributed by atoms with E-state index in [0.717, 1.165) is 77.7 Å². The van der Waals surface area contributed by atoms with E-state index in [1.54, 1.807) is 30.9 Å². The SMILES string of the molecule is CC(C)c1cc(-c2ccccn2)[c-]c(Oc2[c-]c3c(cc2)c2ccc(Oc4[c-]c(-c5ccccn5)cc(C(C)C)c4-c4ccccc4)[c-]c2n3-c2ncccn2)c1-c1ccccc1.[Pt+2].[Pt+2]. The van der Waals surface area contributed by atoms with Gasteiger partial charge in [-0.15, -0.1) is 58.7 Å². The zero-order chi connectivity index (χ0) is 42.9. The summed E-state index contributed by atoms with van der Waals surface area (Å²) >= 11 is 0. The van der Waals surface area contributed by atoms with E-state index in [-0.39, 0.29) is 54.0 Å². The summed E-state index contributed by atoms with van der Waals surface area (Å²) in [7, 11) is 0. The summed E-state index contributed by atoms with van der Waals surface area (Å²) in [6.45, 7) is 8.78. The van der Waals surface area contributed by atoms with E-state index >= 15 is 0 Å². The number of hydrogen-bond donors (Lipinski definition) is 0. The van der Waals surface area contributed by atoms with Gasteiger partial charge in [-0.3, -0.25) is 0 Å². The van der Waals surface area contributed by atoms with E-state index < -0.39 is 0 Å². The largest absolute Gasteiger partial charge is 2.00 e. The number of ether oxygens (including phenoxy) is 2. The Bertz CT molecular complexity index is 3020. The number of hydrogen-bond acceptors (Lipinski definition) is 6. The van der Waals surface area contributed by atoms with Crippen LogP contribution in [0, 0.1) is 24.3 Å². The fourth-order valence-electron chi connectivity index (χ4n) is 8.12. The van der Waals surface area contributed by atoms with Gasteiger partial charge in [-0.2, -0.15) is 22.9 Å². The fraction of sp³-hybridized carbons (Fsp3) is 0.107. The minimum atomic E-state index is 0. The fourth-order valence-corrected chi connectivity index (χ4v) is 8.12. The van der Waals surface area contributed by atoms with Gasteiger partial charge in [0, 0.05) is 47.8 Å². The van der Waals surface area contributed by atoms with Crippen molar-refractivity contribution in [1.29, 1.82) is 0 Å². The first-order valence-electron chi connectivity index (χ1n) is 21.1. The van der Waals surface area contributed by atoms with Crippen LogP contribution in [0.5, 0.6) is 23.0 Å². The average Bonchev–Trinajstić information content (AvgIpc) is 3.65. The maximum atomic E-state index is 6.91. The minimum Gasteiger partial charge on any atom is -0.502 e. The molecule has 10 aromatic rings. The Labute approximate surface area is 408 Å². The van der Waals surface area contributed by atoms with Gasteiger partial charge < -0.3 is 24.0 Å². The number of rotatable bonds is 11. The van der Waals surface area contributed by atoms with Gasteiger partial charge in [-0.25, -0.2) is 9.97 Å². The zero-order valence-corrected chi connectivity index (χ0v) is 40.5. The van der Waals surface area contributed by atoms with Crippen LogP contribution in [0.25, 0.3) is 72.5 Å². The smallest absolute Gasteiger partial charge is 0.502 e. The van der Waals surface area contributed by atoms with E-state index in [9.17, 15) is 0 Å². The second-order valence-corrected chi connectivity index (χ2v) is 15.9. The molecule has 0 saturated carbocycles. The third kappa shape index (κ3) is 9.09. The molecule has 0 aliphatic rings. The van der Waals surface area contributed by atoms with Crippen molar-refractivity contribution < 1.29 is 51.6 Å². The van der Waals surface area contributed by atoms with Crippen LogP contribution in [-0.4, -0.2) is 24.5 Å². The quantitative estimate of drug-likeness (QED) is 0.120. The predicted octanol–water partition coefficient (Wildman–Crippen LogP) is 14.1. The van der Waals surface area contributed by atoms with Gasteiger partial charge in [0.2, 0.25) is 5.95 Å². The summed E-state index contributed by atoms with van der Waals surface area (Å²) in [6, 6.07) is 61.0. The van der Waals surface area contributed by atoms with Crippen LogP contribution >= 0.6 is 0 Å². The van der Waals surface area contributed by atoms with Crippen molar-refractivity contribution in [1.82, 2.24) is 24.5 Å². The van der Waals surface area contributed by atoms with Crippen molar-refractivity contribution in [3.63, 3.8) is 0 Å². The standard InChI is InChI=1S/C56H41N5O2.2Pt/c1-36(2)46-30-40(48-20-11-13-26-57-48)32-52(54(46)38-16-7-5-8-17-38)62-42-22-24-44-45-25-23-43(35-51(45)61(50(44)34-42)56-59-28-15-29-60-56)63-53-33-41(49-21-12-14-27-58-49)31-47(37(3)4)55(53)39-18-9-6-10-19-39;;/h5-31,36-37H,1-4H3;;/q-4;2*+2. The maximum absolute atomic E-state index is 6.91. The van der Waals surface area contributed by atoms with Gasteiger partial charge in [0.15, 0.2) is 0 Å². The first kappa shape index (κ1) is 45.1. The Hall–Kier alpha value is -6.52. The Balaban J connectivity index is 0.00000288. The normalized spacial score (nSPS) is 11.1. The molecular weight excluding hydrogens is 1160 g/mol. The molecule has 4 heterocycles. The van der Waals surface area contributed by atoms with E-state index in [4.69, 9.17) is 19.4 Å². The van der Waals surface area contributed by atoms with Gasteiger partial charge in [0.1, 0.15) is 0 Å². The molecule has 0 saturated heterocycles. The second-order valence-electron chi connectivity index (χ2n) is 15.9. The van der Waals surface area contributed by atoms with Gasteiger partial charge >= 0.3 is 42.1 Å². The number of aromatic nitrogens is 5. The average molecular weight is 1210 g/mol. The summed E-state index contributed by atoms with van der Waals surface area (Å²) in [5.41, 5.74) is 11.1. The molecule has 0 radical (unpaired) electrons. The summed E-state index contributed by atoms with van der Waals surface area (Å²) in [4.78, 5) is 18.8. The molecule has 0 atom stereocenters. The van der Waals surface area contributed by atoms with Crippen LogP contribution in [0.1, 0.15) is 50.7 Å². The van der Waals surface area contributed by atoms with E-state index in [1.165, 1.54) is 0 Å². The van der Waals surface area contributed by atoms with Crippen molar-refractivity contribution >= 4 is 21.8 Å².